The molecule has 0 radical (unpaired) electrons. The second kappa shape index (κ2) is 22.4. The molecule has 0 aliphatic carbocycles. The quantitative estimate of drug-likeness (QED) is 0.0641. The van der Waals surface area contributed by atoms with E-state index in [2.05, 4.69) is 61.1 Å². The molecule has 0 spiro atoms. The maximum absolute atomic E-state index is 6.09. The summed E-state index contributed by atoms with van der Waals surface area (Å²) in [4.78, 5) is 34.7. The molecular weight excluding hydrogens is 820 g/mol. The molecule has 8 rings (SSSR count). The molecule has 0 unspecified atom stereocenters. The lowest BCUT2D eigenvalue weighted by Gasteiger charge is -2.10. The summed E-state index contributed by atoms with van der Waals surface area (Å²) in [5.74, 6) is 2.08. The predicted molar refractivity (Wildman–Crippen MR) is 249 cm³/mol. The predicted octanol–water partition coefficient (Wildman–Crippen LogP) is 10.8. The highest BCUT2D eigenvalue weighted by Crippen LogP contribution is 2.28. The maximum Gasteiger partial charge on any atom is 0.149 e. The highest BCUT2D eigenvalue weighted by molar-refractivity contribution is 6.42. The van der Waals surface area contributed by atoms with Crippen molar-refractivity contribution < 1.29 is 4.74 Å². The van der Waals surface area contributed by atoms with Gasteiger partial charge in [0.25, 0.3) is 0 Å². The molecule has 2 aromatic carbocycles. The molecule has 62 heavy (non-hydrogen) atoms. The molecule has 4 N–H and O–H groups in total. The smallest absolute Gasteiger partial charge is 0.149 e. The zero-order chi connectivity index (χ0) is 42.8. The summed E-state index contributed by atoms with van der Waals surface area (Å²) in [5, 5.41) is 14.3. The summed E-state index contributed by atoms with van der Waals surface area (Å²) in [5.41, 5.74) is 9.43. The van der Waals surface area contributed by atoms with Gasteiger partial charge in [0.15, 0.2) is 0 Å². The number of hydrogen-bond donors (Lipinski definition) is 4. The number of halogens is 2. The van der Waals surface area contributed by atoms with Gasteiger partial charge in [-0.1, -0.05) is 23.2 Å². The lowest BCUT2D eigenvalue weighted by molar-refractivity contribution is 0.415. The Hall–Kier alpha value is -7.22. The molecule has 15 heteroatoms. The number of aromatic nitrogens is 8. The van der Waals surface area contributed by atoms with Crippen molar-refractivity contribution in [2.24, 2.45) is 0 Å². The van der Waals surface area contributed by atoms with Crippen LogP contribution in [0.4, 0.5) is 34.4 Å². The van der Waals surface area contributed by atoms with Crippen LogP contribution in [0, 0.1) is 0 Å². The Labute approximate surface area is 370 Å². The van der Waals surface area contributed by atoms with E-state index in [-0.39, 0.29) is 0 Å². The maximum atomic E-state index is 6.09. The molecule has 0 saturated heterocycles. The van der Waals surface area contributed by atoms with Gasteiger partial charge in [-0.25, -0.2) is 9.97 Å². The van der Waals surface area contributed by atoms with Crippen molar-refractivity contribution in [3.63, 3.8) is 0 Å². The molecule has 0 saturated carbocycles. The number of nitrogens with zero attached hydrogens (tertiary/aromatic N) is 8. The fourth-order valence-electron chi connectivity index (χ4n) is 6.18. The summed E-state index contributed by atoms with van der Waals surface area (Å²) in [6.45, 7) is 1.70. The van der Waals surface area contributed by atoms with Gasteiger partial charge in [-0.05, 0) is 116 Å². The van der Waals surface area contributed by atoms with E-state index in [1.165, 1.54) is 11.1 Å². The van der Waals surface area contributed by atoms with Gasteiger partial charge in [-0.15, -0.1) is 0 Å². The monoisotopic (exact) mass is 862 g/mol. The van der Waals surface area contributed by atoms with Crippen molar-refractivity contribution in [2.75, 3.05) is 41.5 Å². The van der Waals surface area contributed by atoms with Crippen molar-refractivity contribution in [3.8, 4) is 28.3 Å². The van der Waals surface area contributed by atoms with Gasteiger partial charge in [0.05, 0.1) is 64.7 Å². The molecule has 6 heterocycles. The normalized spacial score (nSPS) is 10.6. The first-order chi connectivity index (χ1) is 30.5. The van der Waals surface area contributed by atoms with Crippen LogP contribution in [0.15, 0.2) is 153 Å². The van der Waals surface area contributed by atoms with Crippen LogP contribution in [-0.4, -0.2) is 60.1 Å². The summed E-state index contributed by atoms with van der Waals surface area (Å²) >= 11 is 12.1. The fraction of sp³-hybridized carbons (Fsp3) is 0.149. The van der Waals surface area contributed by atoms with E-state index in [9.17, 15) is 0 Å². The van der Waals surface area contributed by atoms with Crippen molar-refractivity contribution in [3.05, 3.63) is 174 Å². The van der Waals surface area contributed by atoms with E-state index in [1.807, 2.05) is 97.7 Å². The van der Waals surface area contributed by atoms with E-state index in [1.54, 1.807) is 62.6 Å². The van der Waals surface area contributed by atoms with E-state index in [4.69, 9.17) is 27.9 Å². The fourth-order valence-corrected chi connectivity index (χ4v) is 6.48. The minimum absolute atomic E-state index is 0.475. The SMILES string of the molecule is COc1ccc(Nc2cncc(-c3cncc(NCCCc4ccncc4)c3)n2)cc1.Clc1ccc(Nc2cncc(-c3cncc(NCCCc4ccncc4)c3)n2)cc1Cl. The summed E-state index contributed by atoms with van der Waals surface area (Å²) in [6, 6.07) is 25.2. The molecule has 0 aliphatic rings. The molecule has 8 aromatic rings. The third-order valence-electron chi connectivity index (χ3n) is 9.33. The molecule has 13 nitrogen and oxygen atoms in total. The van der Waals surface area contributed by atoms with Crippen LogP contribution in [0.1, 0.15) is 24.0 Å². The molecule has 0 fully saturated rings. The third-order valence-corrected chi connectivity index (χ3v) is 10.1. The van der Waals surface area contributed by atoms with Gasteiger partial charge >= 0.3 is 0 Å². The van der Waals surface area contributed by atoms with Crippen LogP contribution in [0.5, 0.6) is 5.75 Å². The molecular formula is C47H44Cl2N12O. The number of rotatable bonds is 17. The summed E-state index contributed by atoms with van der Waals surface area (Å²) < 4.78 is 5.19. The number of benzene rings is 2. The van der Waals surface area contributed by atoms with Crippen molar-refractivity contribution in [1.82, 2.24) is 39.9 Å². The number of methoxy groups -OCH3 is 1. The Kier molecular flexibility index (Phi) is 15.5. The van der Waals surface area contributed by atoms with Crippen molar-refractivity contribution in [2.45, 2.75) is 25.7 Å². The molecule has 6 aromatic heterocycles. The van der Waals surface area contributed by atoms with E-state index in [0.717, 1.165) is 89.8 Å². The van der Waals surface area contributed by atoms with E-state index in [0.29, 0.717) is 21.7 Å². The van der Waals surface area contributed by atoms with Crippen molar-refractivity contribution >= 4 is 57.6 Å². The molecule has 0 atom stereocenters. The second-order valence-corrected chi connectivity index (χ2v) is 14.7. The minimum atomic E-state index is 0.475. The average molecular weight is 864 g/mol. The van der Waals surface area contributed by atoms with Gasteiger partial charge < -0.3 is 26.0 Å². The highest BCUT2D eigenvalue weighted by atomic mass is 35.5. The van der Waals surface area contributed by atoms with Crippen LogP contribution < -0.4 is 26.0 Å². The first-order valence-electron chi connectivity index (χ1n) is 19.9. The average Bonchev–Trinajstić information content (AvgIpc) is 3.32. The number of aryl methyl sites for hydroxylation is 2. The van der Waals surface area contributed by atoms with Crippen molar-refractivity contribution in [1.29, 1.82) is 0 Å². The Morgan fingerprint density at radius 3 is 1.45 bits per heavy atom. The van der Waals surface area contributed by atoms with E-state index >= 15 is 0 Å². The second-order valence-electron chi connectivity index (χ2n) is 13.9. The van der Waals surface area contributed by atoms with Gasteiger partial charge in [-0.3, -0.25) is 29.9 Å². The topological polar surface area (TPSA) is 160 Å². The lowest BCUT2D eigenvalue weighted by Crippen LogP contribution is -2.04. The van der Waals surface area contributed by atoms with Gasteiger partial charge in [0, 0.05) is 85.2 Å². The summed E-state index contributed by atoms with van der Waals surface area (Å²) in [6.07, 6.45) is 25.3. The lowest BCUT2D eigenvalue weighted by atomic mass is 10.1. The first kappa shape index (κ1) is 42.9. The van der Waals surface area contributed by atoms with Crippen LogP contribution in [0.3, 0.4) is 0 Å². The number of pyridine rings is 4. The Balaban J connectivity index is 0.000000186. The standard InChI is InChI=1S/C24H24N6O.C23H20Cl2N6/c1-31-22-6-4-20(5-7-22)29-24-17-27-16-23(30-24)19-13-21(15-26-14-19)28-10-2-3-18-8-11-25-12-9-18;24-20-4-3-18(11-21(20)25)30-23-15-28-14-22(31-23)17-10-19(13-27-12-17)29-7-1-2-16-5-8-26-9-6-16/h4-9,11-17,28H,2-3,10H2,1H3,(H,29,30);3-6,8-15,29H,1-2,7H2,(H,30,31). The zero-order valence-electron chi connectivity index (χ0n) is 33.9. The minimum Gasteiger partial charge on any atom is -0.497 e. The summed E-state index contributed by atoms with van der Waals surface area (Å²) in [7, 11) is 1.65. The number of nitrogens with one attached hydrogen (secondary N) is 4. The molecule has 0 aliphatic heterocycles. The van der Waals surface area contributed by atoms with Crippen LogP contribution in [-0.2, 0) is 12.8 Å². The molecule has 0 bridgehead atoms. The number of anilines is 6. The third kappa shape index (κ3) is 13.1. The number of ether oxygens (including phenoxy) is 1. The Bertz CT molecular complexity index is 2620. The van der Waals surface area contributed by atoms with Crippen LogP contribution in [0.25, 0.3) is 22.5 Å². The Morgan fingerprint density at radius 2 is 0.952 bits per heavy atom. The largest absolute Gasteiger partial charge is 0.497 e. The molecule has 0 amide bonds. The zero-order valence-corrected chi connectivity index (χ0v) is 35.4. The highest BCUT2D eigenvalue weighted by Gasteiger charge is 2.08. The number of hydrogen-bond acceptors (Lipinski definition) is 13. The Morgan fingerprint density at radius 1 is 0.468 bits per heavy atom. The van der Waals surface area contributed by atoms with Crippen LogP contribution >= 0.6 is 23.2 Å². The molecule has 312 valence electrons. The van der Waals surface area contributed by atoms with Gasteiger partial charge in [0.2, 0.25) is 0 Å². The van der Waals surface area contributed by atoms with E-state index < -0.39 is 0 Å². The van der Waals surface area contributed by atoms with Gasteiger partial charge in [0.1, 0.15) is 17.4 Å². The first-order valence-corrected chi connectivity index (χ1v) is 20.7. The van der Waals surface area contributed by atoms with Gasteiger partial charge in [-0.2, -0.15) is 0 Å². The van der Waals surface area contributed by atoms with Crippen LogP contribution in [0.2, 0.25) is 10.0 Å².